The van der Waals surface area contributed by atoms with Crippen LogP contribution in [0.4, 0.5) is 57.1 Å². The maximum absolute atomic E-state index is 13.7. The number of carbonyl (C=O) groups excluding carboxylic acids is 1. The zero-order chi connectivity index (χ0) is 22.6. The first kappa shape index (κ1) is 24.0. The molecule has 0 aliphatic heterocycles. The van der Waals surface area contributed by atoms with Crippen molar-refractivity contribution in [3.05, 3.63) is 35.4 Å². The van der Waals surface area contributed by atoms with Crippen LogP contribution in [0.15, 0.2) is 24.3 Å². The maximum Gasteiger partial charge on any atom is 0.460 e. The summed E-state index contributed by atoms with van der Waals surface area (Å²) in [6, 6.07) is 2.52. The van der Waals surface area contributed by atoms with Gasteiger partial charge in [-0.25, -0.2) is 0 Å². The lowest BCUT2D eigenvalue weighted by molar-refractivity contribution is -0.435. The van der Waals surface area contributed by atoms with Crippen LogP contribution in [0.25, 0.3) is 0 Å². The van der Waals surface area contributed by atoms with Gasteiger partial charge >= 0.3 is 35.8 Å². The summed E-state index contributed by atoms with van der Waals surface area (Å²) in [5.74, 6) is -41.4. The molecule has 0 atom stereocenters. The number of benzene rings is 1. The van der Waals surface area contributed by atoms with E-state index in [1.807, 2.05) is 0 Å². The molecule has 0 amide bonds. The Morgan fingerprint density at radius 2 is 0.964 bits per heavy atom. The second kappa shape index (κ2) is 6.51. The van der Waals surface area contributed by atoms with Crippen LogP contribution in [0.3, 0.4) is 0 Å². The molecule has 0 spiro atoms. The average molecular weight is 438 g/mol. The molecule has 0 aromatic heterocycles. The Bertz CT molecular complexity index is 731. The fraction of sp³-hybridized carbons (Fsp3) is 0.500. The third kappa shape index (κ3) is 3.19. The molecule has 0 radical (unpaired) electrons. The van der Waals surface area contributed by atoms with Gasteiger partial charge in [0.15, 0.2) is 0 Å². The molecule has 0 N–H and O–H groups in total. The molecule has 1 aromatic rings. The number of ketones is 1. The van der Waals surface area contributed by atoms with Crippen molar-refractivity contribution >= 4 is 5.78 Å². The van der Waals surface area contributed by atoms with Crippen molar-refractivity contribution < 1.29 is 61.9 Å². The molecule has 1 nitrogen and oxygen atoms in total. The SMILES string of the molecule is Cc1ccc(C(=O)C(F)(F)C(F)(F)C(F)(F)C(F)(F)C(F)(F)C(F)(F)F)cc1. The smallest absolute Gasteiger partial charge is 0.287 e. The third-order valence-corrected chi connectivity index (χ3v) is 3.53. The van der Waals surface area contributed by atoms with Crippen LogP contribution in [0.5, 0.6) is 0 Å². The number of aryl methyl sites for hydroxylation is 1. The van der Waals surface area contributed by atoms with Crippen LogP contribution in [0, 0.1) is 6.92 Å². The Morgan fingerprint density at radius 1 is 0.607 bits per heavy atom. The van der Waals surface area contributed by atoms with Crippen molar-refractivity contribution in [3.8, 4) is 0 Å². The van der Waals surface area contributed by atoms with Crippen LogP contribution >= 0.6 is 0 Å². The molecule has 0 saturated carbocycles. The van der Waals surface area contributed by atoms with Gasteiger partial charge in [0.1, 0.15) is 0 Å². The lowest BCUT2D eigenvalue weighted by Crippen LogP contribution is -2.71. The Hall–Kier alpha value is -2.02. The highest BCUT2D eigenvalue weighted by Crippen LogP contribution is 2.60. The highest BCUT2D eigenvalue weighted by Gasteiger charge is 2.91. The summed E-state index contributed by atoms with van der Waals surface area (Å²) in [5, 5.41) is 0. The van der Waals surface area contributed by atoms with E-state index in [4.69, 9.17) is 0 Å². The van der Waals surface area contributed by atoms with E-state index in [2.05, 4.69) is 0 Å². The van der Waals surface area contributed by atoms with E-state index in [0.717, 1.165) is 12.1 Å². The Balaban J connectivity index is 3.52. The molecular weight excluding hydrogens is 431 g/mol. The van der Waals surface area contributed by atoms with E-state index in [1.54, 1.807) is 0 Å². The average Bonchev–Trinajstić information content (AvgIpc) is 2.53. The third-order valence-electron chi connectivity index (χ3n) is 3.53. The van der Waals surface area contributed by atoms with Gasteiger partial charge in [0.25, 0.3) is 0 Å². The quantitative estimate of drug-likeness (QED) is 0.399. The molecule has 28 heavy (non-hydrogen) atoms. The van der Waals surface area contributed by atoms with Crippen molar-refractivity contribution in [2.75, 3.05) is 0 Å². The van der Waals surface area contributed by atoms with Crippen LogP contribution in [-0.2, 0) is 0 Å². The summed E-state index contributed by atoms with van der Waals surface area (Å²) in [7, 11) is 0. The maximum atomic E-state index is 13.7. The first-order valence-electron chi connectivity index (χ1n) is 6.73. The zero-order valence-corrected chi connectivity index (χ0v) is 13.1. The van der Waals surface area contributed by atoms with Crippen LogP contribution in [0.1, 0.15) is 15.9 Å². The summed E-state index contributed by atoms with van der Waals surface area (Å²) in [6.45, 7) is 1.31. The largest absolute Gasteiger partial charge is 0.460 e. The van der Waals surface area contributed by atoms with Crippen LogP contribution in [0.2, 0.25) is 0 Å². The standard InChI is InChI=1S/C14H7F13O/c1-6-2-4-7(5-3-6)8(28)9(15,16)10(17,18)11(19,20)12(21,22)13(23,24)14(25,26)27/h2-5H,1H3. The lowest BCUT2D eigenvalue weighted by atomic mass is 9.90. The van der Waals surface area contributed by atoms with Gasteiger partial charge in [-0.15, -0.1) is 0 Å². The fourth-order valence-electron chi connectivity index (χ4n) is 1.80. The van der Waals surface area contributed by atoms with Crippen molar-refractivity contribution in [1.82, 2.24) is 0 Å². The first-order chi connectivity index (χ1) is 12.2. The molecule has 0 aliphatic carbocycles. The van der Waals surface area contributed by atoms with Crippen molar-refractivity contribution in [2.24, 2.45) is 0 Å². The van der Waals surface area contributed by atoms with Crippen molar-refractivity contribution in [1.29, 1.82) is 0 Å². The zero-order valence-electron chi connectivity index (χ0n) is 13.1. The van der Waals surface area contributed by atoms with Gasteiger partial charge < -0.3 is 0 Å². The predicted octanol–water partition coefficient (Wildman–Crippen LogP) is 5.92. The summed E-state index contributed by atoms with van der Waals surface area (Å²) >= 11 is 0. The number of alkyl halides is 13. The molecule has 1 aromatic carbocycles. The van der Waals surface area contributed by atoms with Crippen molar-refractivity contribution in [2.45, 2.75) is 42.7 Å². The number of Topliss-reactive ketones (excluding diaryl/α,β-unsaturated/α-hetero) is 1. The van der Waals surface area contributed by atoms with Gasteiger partial charge in [-0.3, -0.25) is 4.79 Å². The van der Waals surface area contributed by atoms with Gasteiger partial charge in [-0.2, -0.15) is 57.1 Å². The van der Waals surface area contributed by atoms with Crippen molar-refractivity contribution in [3.63, 3.8) is 0 Å². The Kier molecular flexibility index (Phi) is 5.58. The molecule has 0 unspecified atom stereocenters. The first-order valence-corrected chi connectivity index (χ1v) is 6.73. The second-order valence-electron chi connectivity index (χ2n) is 5.56. The topological polar surface area (TPSA) is 17.1 Å². The number of rotatable bonds is 6. The molecule has 160 valence electrons. The van der Waals surface area contributed by atoms with Gasteiger partial charge in [0, 0.05) is 5.56 Å². The van der Waals surface area contributed by atoms with Gasteiger partial charge in [-0.05, 0) is 6.92 Å². The van der Waals surface area contributed by atoms with E-state index in [0.29, 0.717) is 12.1 Å². The highest BCUT2D eigenvalue weighted by atomic mass is 19.4. The Morgan fingerprint density at radius 3 is 1.32 bits per heavy atom. The van der Waals surface area contributed by atoms with Gasteiger partial charge in [0.2, 0.25) is 5.78 Å². The molecule has 0 fully saturated rings. The molecule has 1 rings (SSSR count). The Labute approximate surface area is 147 Å². The molecule has 0 bridgehead atoms. The molecule has 14 heteroatoms. The summed E-state index contributed by atoms with van der Waals surface area (Å²) < 4.78 is 168. The van der Waals surface area contributed by atoms with Crippen LogP contribution in [-0.4, -0.2) is 41.6 Å². The number of hydrogen-bond acceptors (Lipinski definition) is 1. The highest BCUT2D eigenvalue weighted by molar-refractivity contribution is 6.02. The molecule has 0 saturated heterocycles. The number of carbonyl (C=O) groups is 1. The summed E-state index contributed by atoms with van der Waals surface area (Å²) in [5.41, 5.74) is -1.15. The van der Waals surface area contributed by atoms with E-state index in [9.17, 15) is 61.9 Å². The van der Waals surface area contributed by atoms with Gasteiger partial charge in [0.05, 0.1) is 0 Å². The number of halogens is 13. The molecular formula is C14H7F13O. The minimum Gasteiger partial charge on any atom is -0.287 e. The number of hydrogen-bond donors (Lipinski definition) is 0. The normalized spacial score (nSPS) is 14.9. The molecule has 0 heterocycles. The van der Waals surface area contributed by atoms with Gasteiger partial charge in [-0.1, -0.05) is 29.8 Å². The van der Waals surface area contributed by atoms with E-state index < -0.39 is 47.1 Å². The van der Waals surface area contributed by atoms with E-state index in [-0.39, 0.29) is 5.56 Å². The lowest BCUT2D eigenvalue weighted by Gasteiger charge is -2.39. The van der Waals surface area contributed by atoms with Crippen LogP contribution < -0.4 is 0 Å². The minimum atomic E-state index is -8.03. The molecule has 0 aliphatic rings. The minimum absolute atomic E-state index is 0.258. The monoisotopic (exact) mass is 438 g/mol. The summed E-state index contributed by atoms with van der Waals surface area (Å²) in [6.07, 6.45) is -7.49. The van der Waals surface area contributed by atoms with E-state index >= 15 is 0 Å². The van der Waals surface area contributed by atoms with E-state index in [1.165, 1.54) is 6.92 Å². The second-order valence-corrected chi connectivity index (χ2v) is 5.56. The fourth-order valence-corrected chi connectivity index (χ4v) is 1.80. The summed E-state index contributed by atoms with van der Waals surface area (Å²) in [4.78, 5) is 11.4. The predicted molar refractivity (Wildman–Crippen MR) is 66.3 cm³/mol.